The zero-order chi connectivity index (χ0) is 27.7. The van der Waals surface area contributed by atoms with Crippen LogP contribution in [0.15, 0.2) is 18.2 Å². The molecule has 5 rings (SSSR count). The van der Waals surface area contributed by atoms with Crippen LogP contribution < -0.4 is 21.1 Å². The van der Waals surface area contributed by atoms with E-state index in [2.05, 4.69) is 15.6 Å². The number of fused-ring (bicyclic) bond motifs is 1. The highest BCUT2D eigenvalue weighted by atomic mass is 35.5. The average Bonchev–Trinajstić information content (AvgIpc) is 3.51. The van der Waals surface area contributed by atoms with Crippen LogP contribution in [0, 0.1) is 11.3 Å². The van der Waals surface area contributed by atoms with Crippen LogP contribution in [0.4, 0.5) is 0 Å². The third kappa shape index (κ3) is 5.44. The summed E-state index contributed by atoms with van der Waals surface area (Å²) in [6.07, 6.45) is 7.24. The smallest absolute Gasteiger partial charge is 0.271 e. The second-order valence-electron chi connectivity index (χ2n) is 11.3. The van der Waals surface area contributed by atoms with Crippen molar-refractivity contribution in [2.24, 2.45) is 17.1 Å². The van der Waals surface area contributed by atoms with Gasteiger partial charge in [0.05, 0.1) is 12.1 Å². The first-order valence-corrected chi connectivity index (χ1v) is 14.1. The van der Waals surface area contributed by atoms with Gasteiger partial charge in [-0.3, -0.25) is 19.2 Å². The van der Waals surface area contributed by atoms with E-state index in [0.29, 0.717) is 53.3 Å². The monoisotopic (exact) mass is 557 g/mol. The van der Waals surface area contributed by atoms with Gasteiger partial charge in [0.15, 0.2) is 0 Å². The molecule has 3 atom stereocenters. The van der Waals surface area contributed by atoms with Gasteiger partial charge in [-0.2, -0.15) is 0 Å². The van der Waals surface area contributed by atoms with Crippen LogP contribution in [-0.2, 0) is 14.4 Å². The number of hydrogen-bond donors (Lipinski definition) is 4. The summed E-state index contributed by atoms with van der Waals surface area (Å²) < 4.78 is 5.45. The van der Waals surface area contributed by atoms with Gasteiger partial charge in [-0.15, -0.1) is 0 Å². The number of hydrogen-bond acceptors (Lipinski definition) is 5. The molecule has 1 saturated carbocycles. The lowest BCUT2D eigenvalue weighted by Crippen LogP contribution is -2.53. The third-order valence-electron chi connectivity index (χ3n) is 8.71. The molecular weight excluding hydrogens is 522 g/mol. The average molecular weight is 558 g/mol. The molecule has 39 heavy (non-hydrogen) atoms. The second-order valence-corrected chi connectivity index (χ2v) is 11.7. The summed E-state index contributed by atoms with van der Waals surface area (Å²) in [5, 5.41) is 6.73. The van der Waals surface area contributed by atoms with Crippen molar-refractivity contribution in [2.45, 2.75) is 69.9 Å². The number of H-pyrrole nitrogens is 1. The zero-order valence-electron chi connectivity index (χ0n) is 22.2. The van der Waals surface area contributed by atoms with Crippen molar-refractivity contribution in [1.29, 1.82) is 0 Å². The molecule has 1 aromatic carbocycles. The summed E-state index contributed by atoms with van der Waals surface area (Å²) in [5.41, 5.74) is 6.55. The van der Waals surface area contributed by atoms with Gasteiger partial charge in [0.2, 0.25) is 17.7 Å². The van der Waals surface area contributed by atoms with Crippen molar-refractivity contribution < 1.29 is 23.9 Å². The van der Waals surface area contributed by atoms with E-state index in [1.165, 1.54) is 7.11 Å². The summed E-state index contributed by atoms with van der Waals surface area (Å²) in [6, 6.07) is 3.44. The minimum Gasteiger partial charge on any atom is -0.494 e. The number of ether oxygens (including phenoxy) is 1. The number of nitrogens with one attached hydrogen (secondary N) is 3. The van der Waals surface area contributed by atoms with Crippen LogP contribution in [-0.4, -0.2) is 65.8 Å². The van der Waals surface area contributed by atoms with E-state index in [-0.39, 0.29) is 23.7 Å². The molecule has 1 spiro atoms. The van der Waals surface area contributed by atoms with Crippen LogP contribution in [0.1, 0.15) is 68.3 Å². The Bertz CT molecular complexity index is 1290. The molecule has 0 bridgehead atoms. The Kier molecular flexibility index (Phi) is 7.75. The Hall–Kier alpha value is -3.27. The fourth-order valence-corrected chi connectivity index (χ4v) is 6.90. The Morgan fingerprint density at radius 2 is 2.00 bits per heavy atom. The number of primary amides is 1. The molecule has 2 saturated heterocycles. The Balaban J connectivity index is 1.40. The first kappa shape index (κ1) is 27.3. The van der Waals surface area contributed by atoms with Crippen LogP contribution in [0.3, 0.4) is 0 Å². The number of benzene rings is 1. The maximum Gasteiger partial charge on any atom is 0.271 e. The Morgan fingerprint density at radius 1 is 1.23 bits per heavy atom. The number of nitrogens with two attached hydrogens (primary N) is 1. The van der Waals surface area contributed by atoms with Gasteiger partial charge in [0, 0.05) is 29.9 Å². The number of aromatic nitrogens is 1. The van der Waals surface area contributed by atoms with Crippen molar-refractivity contribution in [3.8, 4) is 5.75 Å². The van der Waals surface area contributed by atoms with E-state index in [0.717, 1.165) is 38.5 Å². The van der Waals surface area contributed by atoms with E-state index < -0.39 is 29.8 Å². The predicted octanol–water partition coefficient (Wildman–Crippen LogP) is 2.88. The van der Waals surface area contributed by atoms with Crippen molar-refractivity contribution in [3.63, 3.8) is 0 Å². The fourth-order valence-electron chi connectivity index (χ4n) is 6.66. The van der Waals surface area contributed by atoms with E-state index in [9.17, 15) is 19.2 Å². The molecule has 3 heterocycles. The van der Waals surface area contributed by atoms with E-state index in [4.69, 9.17) is 22.1 Å². The third-order valence-corrected chi connectivity index (χ3v) is 9.00. The molecule has 3 fully saturated rings. The van der Waals surface area contributed by atoms with Crippen LogP contribution >= 0.6 is 11.6 Å². The molecule has 3 unspecified atom stereocenters. The van der Waals surface area contributed by atoms with Gasteiger partial charge < -0.3 is 31.0 Å². The zero-order valence-corrected chi connectivity index (χ0v) is 22.9. The number of rotatable bonds is 7. The van der Waals surface area contributed by atoms with Gasteiger partial charge >= 0.3 is 0 Å². The number of amides is 4. The molecule has 0 radical (unpaired) electrons. The van der Waals surface area contributed by atoms with Gasteiger partial charge in [0.1, 0.15) is 23.5 Å². The summed E-state index contributed by atoms with van der Waals surface area (Å²) in [7, 11) is 1.52. The van der Waals surface area contributed by atoms with Crippen molar-refractivity contribution in [3.05, 3.63) is 28.9 Å². The predicted molar refractivity (Wildman–Crippen MR) is 146 cm³/mol. The lowest BCUT2D eigenvalue weighted by molar-refractivity contribution is -0.132. The molecule has 10 nitrogen and oxygen atoms in total. The number of carbonyl (C=O) groups is 4. The number of piperidine rings is 1. The molecular formula is C28H36ClN5O5. The minimum absolute atomic E-state index is 0.130. The molecule has 2 aromatic rings. The topological polar surface area (TPSA) is 147 Å². The summed E-state index contributed by atoms with van der Waals surface area (Å²) in [4.78, 5) is 57.0. The summed E-state index contributed by atoms with van der Waals surface area (Å²) in [5.74, 6) is -1.45. The highest BCUT2D eigenvalue weighted by Gasteiger charge is 2.49. The number of halogens is 1. The van der Waals surface area contributed by atoms with E-state index in [1.54, 1.807) is 23.1 Å². The lowest BCUT2D eigenvalue weighted by atomic mass is 9.72. The highest BCUT2D eigenvalue weighted by molar-refractivity contribution is 6.33. The number of nitrogens with zero attached hydrogens (tertiary/aromatic N) is 1. The fraction of sp³-hybridized carbons (Fsp3) is 0.571. The molecule has 11 heteroatoms. The molecule has 5 N–H and O–H groups in total. The number of likely N-dealkylation sites (tertiary alicyclic amines) is 1. The van der Waals surface area contributed by atoms with Crippen LogP contribution in [0.2, 0.25) is 5.02 Å². The van der Waals surface area contributed by atoms with E-state index >= 15 is 0 Å². The quantitative estimate of drug-likeness (QED) is 0.413. The number of methoxy groups -OCH3 is 1. The molecule has 4 amide bonds. The van der Waals surface area contributed by atoms with Crippen LogP contribution in [0.25, 0.3) is 10.9 Å². The van der Waals surface area contributed by atoms with Gasteiger partial charge in [-0.05, 0) is 62.1 Å². The van der Waals surface area contributed by atoms with Crippen molar-refractivity contribution >= 4 is 46.1 Å². The Labute approximate surface area is 232 Å². The number of carbonyl (C=O) groups excluding carboxylic acids is 4. The maximum atomic E-state index is 13.9. The molecule has 2 aliphatic heterocycles. The molecule has 210 valence electrons. The Morgan fingerprint density at radius 3 is 2.69 bits per heavy atom. The molecule has 1 aliphatic carbocycles. The van der Waals surface area contributed by atoms with Crippen molar-refractivity contribution in [1.82, 2.24) is 20.5 Å². The largest absolute Gasteiger partial charge is 0.494 e. The second kappa shape index (κ2) is 11.1. The SMILES string of the molecule is COc1c(Cl)ccc2[nH]c(C(=O)N3CC4(CCCCC4)CC3C(=O)NC(CC3CCCNC3=O)C(N)=O)cc12. The van der Waals surface area contributed by atoms with Crippen molar-refractivity contribution in [2.75, 3.05) is 20.2 Å². The highest BCUT2D eigenvalue weighted by Crippen LogP contribution is 2.47. The van der Waals surface area contributed by atoms with Gasteiger partial charge in [0.25, 0.3) is 5.91 Å². The normalized spacial score (nSPS) is 23.4. The van der Waals surface area contributed by atoms with Crippen LogP contribution in [0.5, 0.6) is 5.75 Å². The lowest BCUT2D eigenvalue weighted by Gasteiger charge is -2.32. The first-order chi connectivity index (χ1) is 18.7. The summed E-state index contributed by atoms with van der Waals surface area (Å²) in [6.45, 7) is 1.07. The first-order valence-electron chi connectivity index (χ1n) is 13.7. The standard InChI is InChI=1S/C28H36ClN5O5/c1-39-23-17-13-21(32-19(17)8-7-18(23)29)27(38)34-15-28(9-3-2-4-10-28)14-22(34)26(37)33-20(24(30)35)12-16-6-5-11-31-25(16)36/h7-8,13,16,20,22,32H,2-6,9-12,14-15H2,1H3,(H2,30,35)(H,31,36)(H,33,37). The van der Waals surface area contributed by atoms with Gasteiger partial charge in [-0.25, -0.2) is 0 Å². The minimum atomic E-state index is -0.995. The van der Waals surface area contributed by atoms with Gasteiger partial charge in [-0.1, -0.05) is 30.9 Å². The maximum absolute atomic E-state index is 13.9. The molecule has 3 aliphatic rings. The summed E-state index contributed by atoms with van der Waals surface area (Å²) >= 11 is 6.28. The molecule has 1 aromatic heterocycles. The number of aromatic amines is 1. The van der Waals surface area contributed by atoms with E-state index in [1.807, 2.05) is 0 Å².